The first kappa shape index (κ1) is 10.5. The zero-order valence-corrected chi connectivity index (χ0v) is 9.80. The Morgan fingerprint density at radius 3 is 2.29 bits per heavy atom. The summed E-state index contributed by atoms with van der Waals surface area (Å²) >= 11 is 0. The van der Waals surface area contributed by atoms with Crippen LogP contribution in [0.5, 0.6) is 0 Å². The van der Waals surface area contributed by atoms with E-state index in [0.29, 0.717) is 0 Å². The summed E-state index contributed by atoms with van der Waals surface area (Å²) in [7, 11) is 0. The molecule has 82 valence electrons. The van der Waals surface area contributed by atoms with Crippen molar-refractivity contribution in [1.29, 1.82) is 0 Å². The second-order valence-corrected chi connectivity index (χ2v) is 5.63. The predicted octanol–water partition coefficient (Wildman–Crippen LogP) is 4.78. The molecule has 0 saturated heterocycles. The van der Waals surface area contributed by atoms with Gasteiger partial charge >= 0.3 is 0 Å². The van der Waals surface area contributed by atoms with E-state index in [2.05, 4.69) is 6.92 Å². The molecule has 1 atom stereocenters. The van der Waals surface area contributed by atoms with Crippen molar-refractivity contribution in [2.24, 2.45) is 17.8 Å². The minimum atomic E-state index is 1.14. The van der Waals surface area contributed by atoms with Crippen LogP contribution in [0.1, 0.15) is 71.1 Å². The molecule has 0 amide bonds. The number of unbranched alkanes of at least 4 members (excludes halogenated alkanes) is 3. The summed E-state index contributed by atoms with van der Waals surface area (Å²) in [4.78, 5) is 0. The summed E-state index contributed by atoms with van der Waals surface area (Å²) in [5.74, 6) is 3.41. The molecule has 0 heteroatoms. The quantitative estimate of drug-likeness (QED) is 0.552. The van der Waals surface area contributed by atoms with Gasteiger partial charge in [0, 0.05) is 0 Å². The van der Waals surface area contributed by atoms with Gasteiger partial charge in [0.05, 0.1) is 0 Å². The SMILES string of the molecule is CCCCCCC1CC2CCC1CC2. The summed E-state index contributed by atoms with van der Waals surface area (Å²) in [5.41, 5.74) is 0. The van der Waals surface area contributed by atoms with Crippen molar-refractivity contribution < 1.29 is 0 Å². The summed E-state index contributed by atoms with van der Waals surface area (Å²) in [5, 5.41) is 0. The highest BCUT2D eigenvalue weighted by atomic mass is 14.4. The lowest BCUT2D eigenvalue weighted by Crippen LogP contribution is -2.31. The Bertz CT molecular complexity index is 153. The maximum atomic E-state index is 2.31. The Balaban J connectivity index is 1.66. The lowest BCUT2D eigenvalue weighted by atomic mass is 9.63. The van der Waals surface area contributed by atoms with Crippen LogP contribution in [0, 0.1) is 17.8 Å². The van der Waals surface area contributed by atoms with E-state index in [1.165, 1.54) is 25.7 Å². The highest BCUT2D eigenvalue weighted by Gasteiger charge is 2.34. The summed E-state index contributed by atoms with van der Waals surface area (Å²) in [6, 6.07) is 0. The van der Waals surface area contributed by atoms with Gasteiger partial charge < -0.3 is 0 Å². The molecule has 1 unspecified atom stereocenters. The molecule has 2 bridgehead atoms. The molecule has 3 aliphatic carbocycles. The highest BCUT2D eigenvalue weighted by Crippen LogP contribution is 2.46. The molecule has 0 radical (unpaired) electrons. The fraction of sp³-hybridized carbons (Fsp3) is 1.00. The van der Waals surface area contributed by atoms with Crippen LogP contribution in [0.15, 0.2) is 0 Å². The van der Waals surface area contributed by atoms with Crippen LogP contribution in [-0.4, -0.2) is 0 Å². The largest absolute Gasteiger partial charge is 0.0654 e. The van der Waals surface area contributed by atoms with E-state index in [-0.39, 0.29) is 0 Å². The van der Waals surface area contributed by atoms with Crippen molar-refractivity contribution in [3.05, 3.63) is 0 Å². The van der Waals surface area contributed by atoms with Crippen LogP contribution in [0.3, 0.4) is 0 Å². The fourth-order valence-corrected chi connectivity index (χ4v) is 3.70. The molecule has 0 aromatic heterocycles. The van der Waals surface area contributed by atoms with E-state index >= 15 is 0 Å². The number of rotatable bonds is 5. The maximum Gasteiger partial charge on any atom is -0.0383 e. The van der Waals surface area contributed by atoms with E-state index < -0.39 is 0 Å². The molecule has 0 aliphatic heterocycles. The van der Waals surface area contributed by atoms with Crippen molar-refractivity contribution in [3.63, 3.8) is 0 Å². The monoisotopic (exact) mass is 194 g/mol. The van der Waals surface area contributed by atoms with Gasteiger partial charge in [-0.2, -0.15) is 0 Å². The third-order valence-corrected chi connectivity index (χ3v) is 4.62. The zero-order chi connectivity index (χ0) is 9.80. The molecular weight excluding hydrogens is 168 g/mol. The zero-order valence-electron chi connectivity index (χ0n) is 9.80. The van der Waals surface area contributed by atoms with Gasteiger partial charge in [0.1, 0.15) is 0 Å². The molecule has 0 aromatic rings. The van der Waals surface area contributed by atoms with Crippen LogP contribution >= 0.6 is 0 Å². The molecule has 0 nitrogen and oxygen atoms in total. The van der Waals surface area contributed by atoms with Crippen molar-refractivity contribution >= 4 is 0 Å². The summed E-state index contributed by atoms with van der Waals surface area (Å²) in [6.07, 6.45) is 15.3. The van der Waals surface area contributed by atoms with E-state index in [9.17, 15) is 0 Å². The average Bonchev–Trinajstić information content (AvgIpc) is 2.26. The molecule has 0 heterocycles. The van der Waals surface area contributed by atoms with Crippen molar-refractivity contribution in [1.82, 2.24) is 0 Å². The molecule has 3 fully saturated rings. The number of hydrogen-bond acceptors (Lipinski definition) is 0. The Morgan fingerprint density at radius 2 is 1.71 bits per heavy atom. The Labute approximate surface area is 89.5 Å². The smallest absolute Gasteiger partial charge is 0.0383 e. The Kier molecular flexibility index (Phi) is 3.89. The summed E-state index contributed by atoms with van der Waals surface area (Å²) < 4.78 is 0. The Morgan fingerprint density at radius 1 is 0.929 bits per heavy atom. The first-order valence-corrected chi connectivity index (χ1v) is 6.90. The van der Waals surface area contributed by atoms with Crippen molar-refractivity contribution in [2.75, 3.05) is 0 Å². The molecular formula is C14H26. The molecule has 0 spiro atoms. The molecule has 3 saturated carbocycles. The highest BCUT2D eigenvalue weighted by molar-refractivity contribution is 4.86. The van der Waals surface area contributed by atoms with Gasteiger partial charge in [0.15, 0.2) is 0 Å². The second kappa shape index (κ2) is 5.19. The van der Waals surface area contributed by atoms with Crippen LogP contribution < -0.4 is 0 Å². The van der Waals surface area contributed by atoms with E-state index in [4.69, 9.17) is 0 Å². The fourth-order valence-electron chi connectivity index (χ4n) is 3.70. The molecule has 0 aromatic carbocycles. The molecule has 0 N–H and O–H groups in total. The number of fused-ring (bicyclic) bond motifs is 3. The van der Waals surface area contributed by atoms with Gasteiger partial charge in [0.2, 0.25) is 0 Å². The van der Waals surface area contributed by atoms with Crippen LogP contribution in [-0.2, 0) is 0 Å². The summed E-state index contributed by atoms with van der Waals surface area (Å²) in [6.45, 7) is 2.31. The Hall–Kier alpha value is 0. The average molecular weight is 194 g/mol. The van der Waals surface area contributed by atoms with Gasteiger partial charge in [-0.05, 0) is 37.0 Å². The first-order chi connectivity index (χ1) is 6.90. The van der Waals surface area contributed by atoms with E-state index in [1.54, 1.807) is 38.5 Å². The minimum absolute atomic E-state index is 1.14. The molecule has 3 rings (SSSR count). The van der Waals surface area contributed by atoms with Crippen molar-refractivity contribution in [3.8, 4) is 0 Å². The molecule has 3 aliphatic rings. The third-order valence-electron chi connectivity index (χ3n) is 4.62. The normalized spacial score (nSPS) is 36.2. The molecule has 14 heavy (non-hydrogen) atoms. The van der Waals surface area contributed by atoms with Gasteiger partial charge in [-0.3, -0.25) is 0 Å². The van der Waals surface area contributed by atoms with Gasteiger partial charge in [0.25, 0.3) is 0 Å². The van der Waals surface area contributed by atoms with Crippen molar-refractivity contribution in [2.45, 2.75) is 71.1 Å². The standard InChI is InChI=1S/C14H26/c1-2-3-4-5-6-14-11-12-7-9-13(14)10-8-12/h12-14H,2-11H2,1H3. The lowest BCUT2D eigenvalue weighted by Gasteiger charge is -2.42. The van der Waals surface area contributed by atoms with Gasteiger partial charge in [-0.25, -0.2) is 0 Å². The third kappa shape index (κ3) is 2.52. The topological polar surface area (TPSA) is 0 Å². The van der Waals surface area contributed by atoms with Crippen LogP contribution in [0.4, 0.5) is 0 Å². The van der Waals surface area contributed by atoms with E-state index in [1.807, 2.05) is 0 Å². The first-order valence-electron chi connectivity index (χ1n) is 6.90. The second-order valence-electron chi connectivity index (χ2n) is 5.63. The lowest BCUT2D eigenvalue weighted by molar-refractivity contribution is 0.0910. The van der Waals surface area contributed by atoms with Crippen LogP contribution in [0.2, 0.25) is 0 Å². The van der Waals surface area contributed by atoms with E-state index in [0.717, 1.165) is 17.8 Å². The number of hydrogen-bond donors (Lipinski definition) is 0. The van der Waals surface area contributed by atoms with Gasteiger partial charge in [-0.15, -0.1) is 0 Å². The van der Waals surface area contributed by atoms with Gasteiger partial charge in [-0.1, -0.05) is 51.9 Å². The predicted molar refractivity (Wildman–Crippen MR) is 62.3 cm³/mol. The minimum Gasteiger partial charge on any atom is -0.0654 e. The van der Waals surface area contributed by atoms with Crippen LogP contribution in [0.25, 0.3) is 0 Å². The maximum absolute atomic E-state index is 2.31.